The molecule has 1 aromatic carbocycles. The smallest absolute Gasteiger partial charge is 0.303 e. The molecule has 1 N–H and O–H groups in total. The number of halogens is 3. The maximum absolute atomic E-state index is 13.1. The van der Waals surface area contributed by atoms with Crippen LogP contribution in [0.1, 0.15) is 19.2 Å². The van der Waals surface area contributed by atoms with Gasteiger partial charge in [0.25, 0.3) is 0 Å². The highest BCUT2D eigenvalue weighted by molar-refractivity contribution is 5.67. The maximum Gasteiger partial charge on any atom is 0.303 e. The number of aromatic nitrogens is 2. The number of carboxylic acid groups (broad SMARTS) is 1. The molecule has 1 unspecified atom stereocenters. The van der Waals surface area contributed by atoms with Crippen molar-refractivity contribution in [3.8, 4) is 11.4 Å². The van der Waals surface area contributed by atoms with Crippen molar-refractivity contribution in [3.63, 3.8) is 0 Å². The number of aliphatic carboxylic acids is 1. The fourth-order valence-electron chi connectivity index (χ4n) is 1.81. The molecule has 0 saturated carbocycles. The lowest BCUT2D eigenvalue weighted by atomic mass is 10.0. The highest BCUT2D eigenvalue weighted by Crippen LogP contribution is 2.22. The summed E-state index contributed by atoms with van der Waals surface area (Å²) in [6.07, 6.45) is 0.142. The van der Waals surface area contributed by atoms with Gasteiger partial charge in [-0.2, -0.15) is 4.98 Å². The van der Waals surface area contributed by atoms with Crippen LogP contribution in [0.3, 0.4) is 0 Å². The molecule has 0 aliphatic carbocycles. The molecule has 1 heterocycles. The van der Waals surface area contributed by atoms with Gasteiger partial charge in [0.1, 0.15) is 0 Å². The van der Waals surface area contributed by atoms with Crippen LogP contribution in [0.2, 0.25) is 0 Å². The van der Waals surface area contributed by atoms with Gasteiger partial charge in [0, 0.05) is 18.4 Å². The van der Waals surface area contributed by atoms with Crippen LogP contribution in [-0.4, -0.2) is 21.2 Å². The molecule has 21 heavy (non-hydrogen) atoms. The summed E-state index contributed by atoms with van der Waals surface area (Å²) in [5.41, 5.74) is -0.0627. The van der Waals surface area contributed by atoms with Crippen LogP contribution in [0.4, 0.5) is 13.2 Å². The van der Waals surface area contributed by atoms with Crippen molar-refractivity contribution in [1.29, 1.82) is 0 Å². The molecule has 0 spiro atoms. The molecule has 0 fully saturated rings. The number of nitrogens with zero attached hydrogens (tertiary/aromatic N) is 2. The van der Waals surface area contributed by atoms with Gasteiger partial charge in [-0.3, -0.25) is 4.79 Å². The molecule has 8 heteroatoms. The van der Waals surface area contributed by atoms with Gasteiger partial charge in [-0.25, -0.2) is 13.2 Å². The molecule has 2 rings (SSSR count). The highest BCUT2D eigenvalue weighted by Gasteiger charge is 2.17. The largest absolute Gasteiger partial charge is 0.481 e. The summed E-state index contributed by atoms with van der Waals surface area (Å²) in [5.74, 6) is -5.42. The van der Waals surface area contributed by atoms with Crippen molar-refractivity contribution in [2.24, 2.45) is 5.92 Å². The van der Waals surface area contributed by atoms with Gasteiger partial charge in [0.15, 0.2) is 17.5 Å². The molecule has 1 atom stereocenters. The van der Waals surface area contributed by atoms with Crippen molar-refractivity contribution < 1.29 is 27.6 Å². The molecule has 0 radical (unpaired) electrons. The Kier molecular flexibility index (Phi) is 4.25. The monoisotopic (exact) mass is 300 g/mol. The second-order valence-electron chi connectivity index (χ2n) is 4.67. The van der Waals surface area contributed by atoms with Crippen LogP contribution in [-0.2, 0) is 11.2 Å². The van der Waals surface area contributed by atoms with Gasteiger partial charge in [0.05, 0.1) is 0 Å². The van der Waals surface area contributed by atoms with E-state index in [1.54, 1.807) is 6.92 Å². The fourth-order valence-corrected chi connectivity index (χ4v) is 1.81. The summed E-state index contributed by atoms with van der Waals surface area (Å²) in [6, 6.07) is 1.52. The summed E-state index contributed by atoms with van der Waals surface area (Å²) in [7, 11) is 0. The van der Waals surface area contributed by atoms with E-state index < -0.39 is 23.4 Å². The van der Waals surface area contributed by atoms with E-state index in [4.69, 9.17) is 9.63 Å². The minimum absolute atomic E-state index is 0.0627. The van der Waals surface area contributed by atoms with Gasteiger partial charge in [-0.15, -0.1) is 0 Å². The number of hydrogen-bond acceptors (Lipinski definition) is 4. The third kappa shape index (κ3) is 3.59. The van der Waals surface area contributed by atoms with Crippen LogP contribution < -0.4 is 0 Å². The van der Waals surface area contributed by atoms with Crippen LogP contribution in [0, 0.1) is 23.4 Å². The second kappa shape index (κ2) is 5.94. The zero-order chi connectivity index (χ0) is 15.6. The van der Waals surface area contributed by atoms with E-state index in [-0.39, 0.29) is 36.0 Å². The molecular formula is C13H11F3N2O3. The van der Waals surface area contributed by atoms with Crippen LogP contribution in [0.15, 0.2) is 16.7 Å². The second-order valence-corrected chi connectivity index (χ2v) is 4.67. The van der Waals surface area contributed by atoms with Gasteiger partial charge in [-0.1, -0.05) is 12.1 Å². The zero-order valence-corrected chi connectivity index (χ0v) is 10.9. The van der Waals surface area contributed by atoms with Crippen molar-refractivity contribution in [3.05, 3.63) is 35.5 Å². The Labute approximate surface area is 117 Å². The number of rotatable bonds is 5. The van der Waals surface area contributed by atoms with Crippen LogP contribution in [0.5, 0.6) is 0 Å². The average molecular weight is 300 g/mol. The summed E-state index contributed by atoms with van der Waals surface area (Å²) in [5, 5.41) is 12.2. The SMILES string of the molecule is CC(CC(=O)O)Cc1nc(-c2cc(F)c(F)c(F)c2)no1. The molecule has 0 saturated heterocycles. The van der Waals surface area contributed by atoms with E-state index in [1.807, 2.05) is 0 Å². The van der Waals surface area contributed by atoms with Crippen LogP contribution in [0.25, 0.3) is 11.4 Å². The van der Waals surface area contributed by atoms with Crippen LogP contribution >= 0.6 is 0 Å². The predicted octanol–water partition coefficient (Wildman–Crippen LogP) is 2.81. The maximum atomic E-state index is 13.1. The Balaban J connectivity index is 2.18. The average Bonchev–Trinajstić information content (AvgIpc) is 2.82. The van der Waals surface area contributed by atoms with E-state index in [1.165, 1.54) is 0 Å². The van der Waals surface area contributed by atoms with E-state index in [9.17, 15) is 18.0 Å². The summed E-state index contributed by atoms with van der Waals surface area (Å²) in [6.45, 7) is 1.69. The topological polar surface area (TPSA) is 76.2 Å². The molecule has 0 aliphatic rings. The standard InChI is InChI=1S/C13H11F3N2O3/c1-6(3-11(19)20)2-10-17-13(18-21-10)7-4-8(14)12(16)9(15)5-7/h4-6H,2-3H2,1H3,(H,19,20). The Morgan fingerprint density at radius 1 is 1.33 bits per heavy atom. The summed E-state index contributed by atoms with van der Waals surface area (Å²) < 4.78 is 44.0. The van der Waals surface area contributed by atoms with Gasteiger partial charge in [-0.05, 0) is 18.1 Å². The molecule has 0 amide bonds. The first kappa shape index (κ1) is 15.0. The first-order chi connectivity index (χ1) is 9.86. The number of carbonyl (C=O) groups is 1. The Morgan fingerprint density at radius 2 is 1.95 bits per heavy atom. The first-order valence-corrected chi connectivity index (χ1v) is 6.06. The fraction of sp³-hybridized carbons (Fsp3) is 0.308. The lowest BCUT2D eigenvalue weighted by molar-refractivity contribution is -0.137. The molecule has 5 nitrogen and oxygen atoms in total. The van der Waals surface area contributed by atoms with Crippen molar-refractivity contribution in [2.75, 3.05) is 0 Å². The van der Waals surface area contributed by atoms with E-state index in [0.717, 1.165) is 12.1 Å². The Bertz CT molecular complexity index is 649. The lowest BCUT2D eigenvalue weighted by Gasteiger charge is -2.03. The number of benzene rings is 1. The van der Waals surface area contributed by atoms with Gasteiger partial charge in [0.2, 0.25) is 11.7 Å². The van der Waals surface area contributed by atoms with Gasteiger partial charge >= 0.3 is 5.97 Å². The van der Waals surface area contributed by atoms with E-state index >= 15 is 0 Å². The van der Waals surface area contributed by atoms with Gasteiger partial charge < -0.3 is 9.63 Å². The van der Waals surface area contributed by atoms with Crippen molar-refractivity contribution in [1.82, 2.24) is 10.1 Å². The molecular weight excluding hydrogens is 289 g/mol. The minimum atomic E-state index is -1.57. The Hall–Kier alpha value is -2.38. The number of carboxylic acids is 1. The van der Waals surface area contributed by atoms with E-state index in [0.29, 0.717) is 0 Å². The molecule has 0 bridgehead atoms. The minimum Gasteiger partial charge on any atom is -0.481 e. The molecule has 2 aromatic rings. The van der Waals surface area contributed by atoms with E-state index in [2.05, 4.69) is 10.1 Å². The first-order valence-electron chi connectivity index (χ1n) is 6.06. The van der Waals surface area contributed by atoms with Crippen molar-refractivity contribution >= 4 is 5.97 Å². The van der Waals surface area contributed by atoms with Crippen molar-refractivity contribution in [2.45, 2.75) is 19.8 Å². The molecule has 1 aromatic heterocycles. The quantitative estimate of drug-likeness (QED) is 0.859. The highest BCUT2D eigenvalue weighted by atomic mass is 19.2. The third-order valence-electron chi connectivity index (χ3n) is 2.76. The number of hydrogen-bond donors (Lipinski definition) is 1. The summed E-state index contributed by atoms with van der Waals surface area (Å²) in [4.78, 5) is 14.5. The third-order valence-corrected chi connectivity index (χ3v) is 2.76. The lowest BCUT2D eigenvalue weighted by Crippen LogP contribution is -2.07. The predicted molar refractivity (Wildman–Crippen MR) is 64.7 cm³/mol. The zero-order valence-electron chi connectivity index (χ0n) is 10.9. The molecule has 0 aliphatic heterocycles. The Morgan fingerprint density at radius 3 is 2.52 bits per heavy atom. The molecule has 112 valence electrons. The normalized spacial score (nSPS) is 12.4. The summed E-state index contributed by atoms with van der Waals surface area (Å²) >= 11 is 0.